The number of nitrogens with one attached hydrogen (secondary N) is 1. The number of ether oxygens (including phenoxy) is 3. The molecule has 3 aromatic carbocycles. The van der Waals surface area contributed by atoms with Gasteiger partial charge in [0, 0.05) is 34.9 Å². The molecule has 0 aliphatic rings. The molecule has 3 rings (SSSR count). The van der Waals surface area contributed by atoms with Crippen LogP contribution in [-0.2, 0) is 13.1 Å². The van der Waals surface area contributed by atoms with Crippen LogP contribution in [0.5, 0.6) is 17.2 Å². The second-order valence-corrected chi connectivity index (χ2v) is 8.12. The molecule has 162 valence electrons. The molecule has 7 heteroatoms. The highest BCUT2D eigenvalue weighted by Crippen LogP contribution is 2.27. The zero-order valence-corrected chi connectivity index (χ0v) is 20.1. The van der Waals surface area contributed by atoms with Gasteiger partial charge in [0.1, 0.15) is 17.2 Å². The summed E-state index contributed by atoms with van der Waals surface area (Å²) >= 11 is 9.24. The van der Waals surface area contributed by atoms with E-state index < -0.39 is 0 Å². The summed E-state index contributed by atoms with van der Waals surface area (Å²) < 4.78 is 17.2. The van der Waals surface area contributed by atoms with Gasteiger partial charge in [-0.15, -0.1) is 0 Å². The Bertz CT molecular complexity index is 1010. The molecule has 0 fully saturated rings. The lowest BCUT2D eigenvalue weighted by atomic mass is 10.1. The van der Waals surface area contributed by atoms with E-state index in [1.165, 1.54) is 0 Å². The largest absolute Gasteiger partial charge is 0.497 e. The van der Waals surface area contributed by atoms with E-state index in [0.29, 0.717) is 18.2 Å². The van der Waals surface area contributed by atoms with E-state index in [-0.39, 0.29) is 0 Å². The summed E-state index contributed by atoms with van der Waals surface area (Å²) in [5.74, 6) is 2.33. The Balaban J connectivity index is 1.85. The minimum absolute atomic E-state index is 0.571. The number of methoxy groups -OCH3 is 3. The van der Waals surface area contributed by atoms with Crippen molar-refractivity contribution in [1.29, 1.82) is 0 Å². The molecule has 0 saturated heterocycles. The van der Waals surface area contributed by atoms with Crippen LogP contribution in [0, 0.1) is 0 Å². The topological polar surface area (TPSA) is 43.0 Å². The van der Waals surface area contributed by atoms with Crippen LogP contribution in [0.2, 0.25) is 0 Å². The van der Waals surface area contributed by atoms with E-state index in [1.807, 2.05) is 66.7 Å². The number of hydrogen-bond donors (Lipinski definition) is 1. The Morgan fingerprint density at radius 3 is 2.10 bits per heavy atom. The van der Waals surface area contributed by atoms with Crippen LogP contribution < -0.4 is 19.5 Å². The summed E-state index contributed by atoms with van der Waals surface area (Å²) in [5.41, 5.74) is 3.06. The Labute approximate surface area is 197 Å². The molecule has 0 radical (unpaired) electrons. The first-order valence-corrected chi connectivity index (χ1v) is 10.9. The van der Waals surface area contributed by atoms with Crippen molar-refractivity contribution in [2.24, 2.45) is 0 Å². The van der Waals surface area contributed by atoms with Crippen molar-refractivity contribution in [3.63, 3.8) is 0 Å². The molecule has 0 spiro atoms. The summed E-state index contributed by atoms with van der Waals surface area (Å²) in [6.45, 7) is 1.20. The van der Waals surface area contributed by atoms with Gasteiger partial charge >= 0.3 is 0 Å². The van der Waals surface area contributed by atoms with Gasteiger partial charge in [0.15, 0.2) is 5.11 Å². The van der Waals surface area contributed by atoms with Crippen molar-refractivity contribution in [3.05, 3.63) is 82.3 Å². The van der Waals surface area contributed by atoms with Gasteiger partial charge in [-0.3, -0.25) is 0 Å². The average Bonchev–Trinajstić information content (AvgIpc) is 2.80. The van der Waals surface area contributed by atoms with Gasteiger partial charge < -0.3 is 24.4 Å². The van der Waals surface area contributed by atoms with Crippen molar-refractivity contribution >= 4 is 38.9 Å². The van der Waals surface area contributed by atoms with Crippen molar-refractivity contribution in [3.8, 4) is 17.2 Å². The third-order valence-corrected chi connectivity index (χ3v) is 5.66. The fourth-order valence-electron chi connectivity index (χ4n) is 3.07. The van der Waals surface area contributed by atoms with Crippen molar-refractivity contribution in [2.45, 2.75) is 13.1 Å². The number of anilines is 1. The molecule has 0 unspecified atom stereocenters. The van der Waals surface area contributed by atoms with Crippen LogP contribution in [0.4, 0.5) is 5.69 Å². The van der Waals surface area contributed by atoms with Crippen LogP contribution in [0.25, 0.3) is 0 Å². The van der Waals surface area contributed by atoms with Gasteiger partial charge in [0.05, 0.1) is 21.3 Å². The van der Waals surface area contributed by atoms with Gasteiger partial charge in [-0.05, 0) is 66.3 Å². The summed E-state index contributed by atoms with van der Waals surface area (Å²) in [5, 5.41) is 3.96. The monoisotopic (exact) mass is 500 g/mol. The number of rotatable bonds is 8. The molecular weight excluding hydrogens is 476 g/mol. The molecule has 3 aromatic rings. The summed E-state index contributed by atoms with van der Waals surface area (Å²) in [4.78, 5) is 2.10. The minimum Gasteiger partial charge on any atom is -0.497 e. The van der Waals surface area contributed by atoms with Gasteiger partial charge in [0.25, 0.3) is 0 Å². The predicted molar refractivity (Wildman–Crippen MR) is 132 cm³/mol. The maximum atomic E-state index is 5.78. The molecular formula is C24H25BrN2O3S. The summed E-state index contributed by atoms with van der Waals surface area (Å²) in [6, 6.07) is 21.7. The molecule has 5 nitrogen and oxygen atoms in total. The summed E-state index contributed by atoms with van der Waals surface area (Å²) in [7, 11) is 4.96. The van der Waals surface area contributed by atoms with Gasteiger partial charge in [0.2, 0.25) is 0 Å². The third-order valence-electron chi connectivity index (χ3n) is 4.77. The summed E-state index contributed by atoms with van der Waals surface area (Å²) in [6.07, 6.45) is 0. The predicted octanol–water partition coefficient (Wildman–Crippen LogP) is 5.87. The minimum atomic E-state index is 0.571. The van der Waals surface area contributed by atoms with E-state index in [9.17, 15) is 0 Å². The van der Waals surface area contributed by atoms with Gasteiger partial charge in [-0.2, -0.15) is 0 Å². The number of halogens is 1. The lowest BCUT2D eigenvalue weighted by Crippen LogP contribution is -2.34. The molecule has 31 heavy (non-hydrogen) atoms. The average molecular weight is 501 g/mol. The lowest BCUT2D eigenvalue weighted by Gasteiger charge is -2.27. The third kappa shape index (κ3) is 6.35. The van der Waals surface area contributed by atoms with Crippen LogP contribution in [0.1, 0.15) is 11.1 Å². The Morgan fingerprint density at radius 1 is 0.839 bits per heavy atom. The highest BCUT2D eigenvalue weighted by molar-refractivity contribution is 9.10. The fraction of sp³-hybridized carbons (Fsp3) is 0.208. The SMILES string of the molecule is COc1ccc(CN(Cc2ccc(OC)cc2OC)C(=S)Nc2ccc(Br)cc2)cc1. The molecule has 0 saturated carbocycles. The molecule has 0 aliphatic carbocycles. The molecule has 0 bridgehead atoms. The van der Waals surface area contributed by atoms with Crippen molar-refractivity contribution < 1.29 is 14.2 Å². The second-order valence-electron chi connectivity index (χ2n) is 6.82. The first-order chi connectivity index (χ1) is 15.0. The number of thiocarbonyl (C=S) groups is 1. The Hall–Kier alpha value is -2.77. The zero-order chi connectivity index (χ0) is 22.2. The number of nitrogens with zero attached hydrogens (tertiary/aromatic N) is 1. The first kappa shape index (κ1) is 22.9. The molecule has 0 atom stereocenters. The standard InChI is InChI=1S/C24H25BrN2O3S/c1-28-21-11-4-17(5-12-21)15-27(24(31)26-20-9-7-19(25)8-10-20)16-18-6-13-22(29-2)14-23(18)30-3/h4-14H,15-16H2,1-3H3,(H,26,31). The van der Waals surface area contributed by atoms with Gasteiger partial charge in [-0.25, -0.2) is 0 Å². The lowest BCUT2D eigenvalue weighted by molar-refractivity contribution is 0.370. The molecule has 0 aromatic heterocycles. The Kier molecular flexibility index (Phi) is 8.14. The maximum absolute atomic E-state index is 5.78. The van der Waals surface area contributed by atoms with Crippen molar-refractivity contribution in [2.75, 3.05) is 26.6 Å². The molecule has 1 N–H and O–H groups in total. The fourth-order valence-corrected chi connectivity index (χ4v) is 3.59. The van der Waals surface area contributed by atoms with Gasteiger partial charge in [-0.1, -0.05) is 28.1 Å². The highest BCUT2D eigenvalue weighted by atomic mass is 79.9. The van der Waals surface area contributed by atoms with Crippen molar-refractivity contribution in [1.82, 2.24) is 4.90 Å². The smallest absolute Gasteiger partial charge is 0.174 e. The molecule has 0 heterocycles. The maximum Gasteiger partial charge on any atom is 0.174 e. The van der Waals surface area contributed by atoms with Crippen LogP contribution in [0.15, 0.2) is 71.2 Å². The van der Waals surface area contributed by atoms with E-state index in [0.717, 1.165) is 38.5 Å². The van der Waals surface area contributed by atoms with Crippen LogP contribution in [0.3, 0.4) is 0 Å². The van der Waals surface area contributed by atoms with E-state index in [1.54, 1.807) is 21.3 Å². The molecule has 0 amide bonds. The normalized spacial score (nSPS) is 10.3. The molecule has 0 aliphatic heterocycles. The quantitative estimate of drug-likeness (QED) is 0.390. The van der Waals surface area contributed by atoms with E-state index in [2.05, 4.69) is 26.1 Å². The van der Waals surface area contributed by atoms with E-state index in [4.69, 9.17) is 26.4 Å². The van der Waals surface area contributed by atoms with Crippen LogP contribution >= 0.6 is 28.1 Å². The van der Waals surface area contributed by atoms with Crippen LogP contribution in [-0.4, -0.2) is 31.3 Å². The van der Waals surface area contributed by atoms with E-state index >= 15 is 0 Å². The number of benzene rings is 3. The zero-order valence-electron chi connectivity index (χ0n) is 17.7. The number of hydrogen-bond acceptors (Lipinski definition) is 4. The first-order valence-electron chi connectivity index (χ1n) is 9.67. The highest BCUT2D eigenvalue weighted by Gasteiger charge is 2.15. The second kappa shape index (κ2) is 11.0. The Morgan fingerprint density at radius 2 is 1.48 bits per heavy atom.